The molecule has 1 amide bonds. The van der Waals surface area contributed by atoms with Crippen LogP contribution in [0.2, 0.25) is 5.02 Å². The van der Waals surface area contributed by atoms with Crippen LogP contribution in [0.5, 0.6) is 11.5 Å². The minimum absolute atomic E-state index is 0.0496. The molecule has 0 aliphatic heterocycles. The van der Waals surface area contributed by atoms with Gasteiger partial charge in [0.25, 0.3) is 21.6 Å². The number of non-ortho nitro benzene ring substituents is 1. The fourth-order valence-corrected chi connectivity index (χ4v) is 5.42. The highest BCUT2D eigenvalue weighted by molar-refractivity contribution is 7.92. The predicted molar refractivity (Wildman–Crippen MR) is 163 cm³/mol. The monoisotopic (exact) mass is 622 g/mol. The molecule has 43 heavy (non-hydrogen) atoms. The Bertz CT molecular complexity index is 1700. The van der Waals surface area contributed by atoms with Crippen molar-refractivity contribution in [1.82, 2.24) is 5.43 Å². The highest BCUT2D eigenvalue weighted by atomic mass is 35.5. The summed E-state index contributed by atoms with van der Waals surface area (Å²) < 4.78 is 39.3. The van der Waals surface area contributed by atoms with Crippen LogP contribution in [0.3, 0.4) is 0 Å². The lowest BCUT2D eigenvalue weighted by molar-refractivity contribution is -0.384. The number of sulfonamides is 1. The Morgan fingerprint density at radius 3 is 2.33 bits per heavy atom. The van der Waals surface area contributed by atoms with E-state index in [9.17, 15) is 23.3 Å². The number of amides is 1. The Morgan fingerprint density at radius 1 is 0.977 bits per heavy atom. The maximum atomic E-state index is 13.4. The SMILES string of the molecule is CCOc1cc(/C=N\NC(=O)CN(c2ccc([N+](=O)[O-])cc2)S(=O)(=O)c2ccccc2)ccc1OCc1ccc(Cl)cc1. The summed E-state index contributed by atoms with van der Waals surface area (Å²) >= 11 is 5.94. The van der Waals surface area contributed by atoms with Gasteiger partial charge in [0.2, 0.25) is 0 Å². The zero-order chi connectivity index (χ0) is 30.8. The van der Waals surface area contributed by atoms with Crippen molar-refractivity contribution in [2.45, 2.75) is 18.4 Å². The van der Waals surface area contributed by atoms with E-state index in [4.69, 9.17) is 21.1 Å². The van der Waals surface area contributed by atoms with Crippen LogP contribution in [0.1, 0.15) is 18.1 Å². The third-order valence-corrected chi connectivity index (χ3v) is 7.99. The molecule has 0 bridgehead atoms. The minimum Gasteiger partial charge on any atom is -0.490 e. The van der Waals surface area contributed by atoms with E-state index in [0.29, 0.717) is 35.3 Å². The van der Waals surface area contributed by atoms with Crippen molar-refractivity contribution in [3.05, 3.63) is 123 Å². The van der Waals surface area contributed by atoms with Gasteiger partial charge in [-0.05, 0) is 72.6 Å². The smallest absolute Gasteiger partial charge is 0.269 e. The van der Waals surface area contributed by atoms with Gasteiger partial charge in [0.15, 0.2) is 11.5 Å². The molecule has 0 aromatic heterocycles. The van der Waals surface area contributed by atoms with Crippen LogP contribution in [0.15, 0.2) is 107 Å². The molecule has 13 heteroatoms. The molecule has 0 radical (unpaired) electrons. The van der Waals surface area contributed by atoms with Crippen LogP contribution in [0.25, 0.3) is 0 Å². The third-order valence-electron chi connectivity index (χ3n) is 5.95. The Kier molecular flexibility index (Phi) is 10.3. The summed E-state index contributed by atoms with van der Waals surface area (Å²) in [5.41, 5.74) is 3.71. The molecule has 11 nitrogen and oxygen atoms in total. The highest BCUT2D eigenvalue weighted by Crippen LogP contribution is 2.29. The standard InChI is InChI=1S/C30H27ClN4O7S/c1-2-41-29-18-23(10-17-28(29)42-21-22-8-11-24(31)12-9-22)19-32-33-30(36)20-34(25-13-15-26(16-14-25)35(37)38)43(39,40)27-6-4-3-5-7-27/h3-19H,2,20-21H2,1H3,(H,33,36)/b32-19-. The minimum atomic E-state index is -4.19. The molecular weight excluding hydrogens is 596 g/mol. The summed E-state index contributed by atoms with van der Waals surface area (Å²) in [7, 11) is -4.19. The normalized spacial score (nSPS) is 11.2. The number of hydrogen-bond donors (Lipinski definition) is 1. The second-order valence-corrected chi connectivity index (χ2v) is 11.2. The molecule has 222 valence electrons. The lowest BCUT2D eigenvalue weighted by atomic mass is 10.2. The number of hydrogen-bond acceptors (Lipinski definition) is 8. The number of carbonyl (C=O) groups is 1. The van der Waals surface area contributed by atoms with Gasteiger partial charge in [-0.3, -0.25) is 19.2 Å². The van der Waals surface area contributed by atoms with Crippen LogP contribution in [0.4, 0.5) is 11.4 Å². The van der Waals surface area contributed by atoms with Crippen molar-refractivity contribution < 1.29 is 27.6 Å². The van der Waals surface area contributed by atoms with E-state index >= 15 is 0 Å². The number of nitro groups is 1. The zero-order valence-electron chi connectivity index (χ0n) is 22.9. The van der Waals surface area contributed by atoms with Gasteiger partial charge in [-0.15, -0.1) is 0 Å². The average molecular weight is 623 g/mol. The molecule has 0 fully saturated rings. The molecule has 1 N–H and O–H groups in total. The number of benzene rings is 4. The molecule has 0 heterocycles. The summed E-state index contributed by atoms with van der Waals surface area (Å²) in [5.74, 6) is 0.259. The van der Waals surface area contributed by atoms with E-state index in [0.717, 1.165) is 22.0 Å². The summed E-state index contributed by atoms with van der Waals surface area (Å²) in [6.07, 6.45) is 1.38. The van der Waals surface area contributed by atoms with Crippen molar-refractivity contribution in [2.24, 2.45) is 5.10 Å². The van der Waals surface area contributed by atoms with Gasteiger partial charge in [0.1, 0.15) is 13.2 Å². The number of ether oxygens (including phenoxy) is 2. The lowest BCUT2D eigenvalue weighted by Gasteiger charge is -2.23. The number of nitro benzene ring substituents is 1. The topological polar surface area (TPSA) is 140 Å². The number of rotatable bonds is 13. The first kappa shape index (κ1) is 31.0. The average Bonchev–Trinajstić information content (AvgIpc) is 3.01. The maximum absolute atomic E-state index is 13.4. The molecule has 0 aliphatic carbocycles. The van der Waals surface area contributed by atoms with E-state index in [1.165, 1.54) is 30.5 Å². The van der Waals surface area contributed by atoms with Gasteiger partial charge in [-0.25, -0.2) is 13.8 Å². The first-order valence-electron chi connectivity index (χ1n) is 13.0. The van der Waals surface area contributed by atoms with Gasteiger partial charge in [0, 0.05) is 17.2 Å². The zero-order valence-corrected chi connectivity index (χ0v) is 24.5. The second kappa shape index (κ2) is 14.3. The van der Waals surface area contributed by atoms with Gasteiger partial charge in [0.05, 0.1) is 28.3 Å². The highest BCUT2D eigenvalue weighted by Gasteiger charge is 2.27. The lowest BCUT2D eigenvalue weighted by Crippen LogP contribution is -2.39. The summed E-state index contributed by atoms with van der Waals surface area (Å²) in [6, 6.07) is 24.8. The van der Waals surface area contributed by atoms with Crippen LogP contribution in [0, 0.1) is 10.1 Å². The van der Waals surface area contributed by atoms with Crippen LogP contribution >= 0.6 is 11.6 Å². The molecule has 4 rings (SSSR count). The van der Waals surface area contributed by atoms with Crippen molar-refractivity contribution in [3.63, 3.8) is 0 Å². The van der Waals surface area contributed by atoms with Crippen LogP contribution < -0.4 is 19.2 Å². The summed E-state index contributed by atoms with van der Waals surface area (Å²) in [5, 5.41) is 15.7. The van der Waals surface area contributed by atoms with E-state index in [2.05, 4.69) is 10.5 Å². The first-order valence-corrected chi connectivity index (χ1v) is 14.8. The maximum Gasteiger partial charge on any atom is 0.269 e. The fraction of sp³-hybridized carbons (Fsp3) is 0.133. The number of halogens is 1. The molecule has 0 atom stereocenters. The van der Waals surface area contributed by atoms with Crippen molar-refractivity contribution in [2.75, 3.05) is 17.5 Å². The second-order valence-electron chi connectivity index (χ2n) is 8.95. The first-order chi connectivity index (χ1) is 20.7. The number of carbonyl (C=O) groups excluding carboxylic acids is 1. The van der Waals surface area contributed by atoms with Crippen LogP contribution in [-0.4, -0.2) is 38.6 Å². The number of hydrazone groups is 1. The largest absolute Gasteiger partial charge is 0.490 e. The molecule has 0 saturated carbocycles. The Hall–Kier alpha value is -4.94. The predicted octanol–water partition coefficient (Wildman–Crippen LogP) is 5.57. The van der Waals surface area contributed by atoms with E-state index in [-0.39, 0.29) is 16.3 Å². The van der Waals surface area contributed by atoms with Gasteiger partial charge < -0.3 is 9.47 Å². The Balaban J connectivity index is 1.47. The number of nitrogens with one attached hydrogen (secondary N) is 1. The van der Waals surface area contributed by atoms with Crippen molar-refractivity contribution in [3.8, 4) is 11.5 Å². The quantitative estimate of drug-likeness (QED) is 0.117. The van der Waals surface area contributed by atoms with Gasteiger partial charge in [-0.2, -0.15) is 5.10 Å². The summed E-state index contributed by atoms with van der Waals surface area (Å²) in [6.45, 7) is 1.90. The Morgan fingerprint density at radius 2 is 1.67 bits per heavy atom. The molecule has 0 aliphatic rings. The fourth-order valence-electron chi connectivity index (χ4n) is 3.85. The molecular formula is C30H27ClN4O7S. The number of nitrogens with zero attached hydrogens (tertiary/aromatic N) is 3. The van der Waals surface area contributed by atoms with E-state index in [1.807, 2.05) is 19.1 Å². The molecule has 0 saturated heterocycles. The number of anilines is 1. The molecule has 0 unspecified atom stereocenters. The van der Waals surface area contributed by atoms with Gasteiger partial charge >= 0.3 is 0 Å². The van der Waals surface area contributed by atoms with Gasteiger partial charge in [-0.1, -0.05) is 41.9 Å². The van der Waals surface area contributed by atoms with E-state index < -0.39 is 27.4 Å². The molecule has 4 aromatic rings. The summed E-state index contributed by atoms with van der Waals surface area (Å²) in [4.78, 5) is 23.3. The Labute approximate surface area is 253 Å². The van der Waals surface area contributed by atoms with E-state index in [1.54, 1.807) is 48.5 Å². The van der Waals surface area contributed by atoms with Crippen molar-refractivity contribution in [1.29, 1.82) is 0 Å². The van der Waals surface area contributed by atoms with Crippen molar-refractivity contribution >= 4 is 45.1 Å². The third kappa shape index (κ3) is 8.31. The molecule has 0 spiro atoms. The van der Waals surface area contributed by atoms with Crippen LogP contribution in [-0.2, 0) is 21.4 Å². The molecule has 4 aromatic carbocycles.